The van der Waals surface area contributed by atoms with Crippen molar-refractivity contribution in [3.05, 3.63) is 143 Å². The first-order valence-corrected chi connectivity index (χ1v) is 15.8. The van der Waals surface area contributed by atoms with Gasteiger partial charge >= 0.3 is 11.9 Å². The third-order valence-electron chi connectivity index (χ3n) is 9.32. The average molecular weight is 654 g/mol. The number of hydrogen-bond acceptors (Lipinski definition) is 7. The maximum atomic E-state index is 13.3. The summed E-state index contributed by atoms with van der Waals surface area (Å²) in [5.41, 5.74) is 7.34. The van der Waals surface area contributed by atoms with E-state index in [0.29, 0.717) is 16.7 Å². The minimum atomic E-state index is -0.841. The first-order chi connectivity index (χ1) is 24.4. The van der Waals surface area contributed by atoms with Gasteiger partial charge in [0.1, 0.15) is 0 Å². The van der Waals surface area contributed by atoms with Crippen LogP contribution in [-0.4, -0.2) is 35.3 Å². The van der Waals surface area contributed by atoms with Crippen LogP contribution in [0.15, 0.2) is 127 Å². The Morgan fingerprint density at radius 2 is 1.04 bits per heavy atom. The van der Waals surface area contributed by atoms with Crippen LogP contribution in [0.2, 0.25) is 0 Å². The second-order valence-electron chi connectivity index (χ2n) is 12.0. The van der Waals surface area contributed by atoms with Gasteiger partial charge in [-0.05, 0) is 72.3 Å². The predicted octanol–water partition coefficient (Wildman–Crippen LogP) is 7.42. The molecule has 0 spiro atoms. The van der Waals surface area contributed by atoms with E-state index < -0.39 is 17.9 Å². The normalized spacial score (nSPS) is 13.0. The summed E-state index contributed by atoms with van der Waals surface area (Å²) < 4.78 is 14.6. The summed E-state index contributed by atoms with van der Waals surface area (Å²) in [5.74, 6) is -2.03. The minimum Gasteiger partial charge on any atom is -0.466 e. The molecule has 0 saturated heterocycles. The lowest BCUT2D eigenvalue weighted by atomic mass is 9.83. The Kier molecular flexibility index (Phi) is 7.17. The maximum Gasteiger partial charge on any atom is 0.336 e. The number of carbonyl (C=O) groups is 2. The molecule has 0 atom stereocenters. The van der Waals surface area contributed by atoms with Crippen LogP contribution < -0.4 is 5.32 Å². The number of para-hydroxylation sites is 2. The minimum absolute atomic E-state index is 0.236. The second kappa shape index (κ2) is 11.9. The van der Waals surface area contributed by atoms with Crippen molar-refractivity contribution < 1.29 is 19.1 Å². The van der Waals surface area contributed by atoms with Crippen LogP contribution in [0.25, 0.3) is 55.0 Å². The molecule has 8 rings (SSSR count). The van der Waals surface area contributed by atoms with Crippen molar-refractivity contribution in [2.45, 2.75) is 5.92 Å². The van der Waals surface area contributed by atoms with Gasteiger partial charge in [-0.15, -0.1) is 0 Å². The van der Waals surface area contributed by atoms with Crippen LogP contribution >= 0.6 is 0 Å². The quantitative estimate of drug-likeness (QED) is 0.192. The molecular weight excluding hydrogens is 626 g/mol. The number of benzene rings is 5. The van der Waals surface area contributed by atoms with E-state index in [0.717, 1.165) is 55.0 Å². The summed E-state index contributed by atoms with van der Waals surface area (Å²) in [5, 5.41) is 26.2. The molecule has 3 heterocycles. The van der Waals surface area contributed by atoms with Crippen molar-refractivity contribution in [3.63, 3.8) is 0 Å². The SMILES string of the molecule is COC(=O)C1=CNC=C(C(=O)OC)C1c1cc(-n2c3ccccc3c3cc(C#N)ccc32)cc(-n2c3ccccc3c3cc(C#N)ccc32)c1. The summed E-state index contributed by atoms with van der Waals surface area (Å²) in [6.45, 7) is 0. The molecule has 9 heteroatoms. The number of dihydropyridines is 1. The average Bonchev–Trinajstić information content (AvgIpc) is 3.68. The van der Waals surface area contributed by atoms with Gasteiger partial charge in [0.25, 0.3) is 0 Å². The van der Waals surface area contributed by atoms with Gasteiger partial charge in [0.2, 0.25) is 0 Å². The highest BCUT2D eigenvalue weighted by molar-refractivity contribution is 6.11. The number of nitrogens with zero attached hydrogens (tertiary/aromatic N) is 4. The van der Waals surface area contributed by atoms with E-state index in [2.05, 4.69) is 32.7 Å². The highest BCUT2D eigenvalue weighted by atomic mass is 16.5. The Bertz CT molecular complexity index is 2550. The molecule has 5 aromatic carbocycles. The highest BCUT2D eigenvalue weighted by Crippen LogP contribution is 2.41. The van der Waals surface area contributed by atoms with E-state index in [-0.39, 0.29) is 11.1 Å². The zero-order chi connectivity index (χ0) is 34.5. The molecule has 0 amide bonds. The number of hydrogen-bond donors (Lipinski definition) is 1. The van der Waals surface area contributed by atoms with Gasteiger partial charge in [-0.3, -0.25) is 0 Å². The molecule has 0 bridgehead atoms. The van der Waals surface area contributed by atoms with Crippen molar-refractivity contribution in [1.29, 1.82) is 10.5 Å². The van der Waals surface area contributed by atoms with Gasteiger partial charge in [-0.1, -0.05) is 36.4 Å². The number of methoxy groups -OCH3 is 2. The lowest BCUT2D eigenvalue weighted by Gasteiger charge is -2.26. The van der Waals surface area contributed by atoms with E-state index >= 15 is 0 Å². The van der Waals surface area contributed by atoms with Gasteiger partial charge in [0.15, 0.2) is 0 Å². The lowest BCUT2D eigenvalue weighted by molar-refractivity contribution is -0.137. The fourth-order valence-corrected chi connectivity index (χ4v) is 7.19. The topological polar surface area (TPSA) is 122 Å². The number of nitriles is 2. The molecule has 0 fully saturated rings. The van der Waals surface area contributed by atoms with Crippen molar-refractivity contribution in [3.8, 4) is 23.5 Å². The maximum absolute atomic E-state index is 13.3. The van der Waals surface area contributed by atoms with Crippen LogP contribution in [0.5, 0.6) is 0 Å². The fourth-order valence-electron chi connectivity index (χ4n) is 7.19. The fraction of sp³-hybridized carbons (Fsp3) is 0.0732. The van der Waals surface area contributed by atoms with E-state index in [4.69, 9.17) is 9.47 Å². The van der Waals surface area contributed by atoms with Gasteiger partial charge in [-0.2, -0.15) is 10.5 Å². The predicted molar refractivity (Wildman–Crippen MR) is 191 cm³/mol. The second-order valence-corrected chi connectivity index (χ2v) is 12.0. The molecule has 0 aliphatic carbocycles. The Balaban J connectivity index is 1.50. The van der Waals surface area contributed by atoms with Gasteiger partial charge < -0.3 is 23.9 Å². The molecule has 1 aliphatic rings. The van der Waals surface area contributed by atoms with Crippen molar-refractivity contribution in [1.82, 2.24) is 14.5 Å². The summed E-state index contributed by atoms with van der Waals surface area (Å²) in [7, 11) is 2.61. The van der Waals surface area contributed by atoms with Crippen molar-refractivity contribution >= 4 is 55.6 Å². The zero-order valence-electron chi connectivity index (χ0n) is 27.0. The molecule has 0 radical (unpaired) electrons. The zero-order valence-corrected chi connectivity index (χ0v) is 27.0. The van der Waals surface area contributed by atoms with Gasteiger partial charge in [0, 0.05) is 45.3 Å². The number of ether oxygens (including phenoxy) is 2. The number of fused-ring (bicyclic) bond motifs is 6. The van der Waals surface area contributed by atoms with Crippen molar-refractivity contribution in [2.75, 3.05) is 14.2 Å². The lowest BCUT2D eigenvalue weighted by Crippen LogP contribution is -2.26. The number of carbonyl (C=O) groups excluding carboxylic acids is 2. The van der Waals surface area contributed by atoms with Crippen LogP contribution in [0, 0.1) is 22.7 Å². The van der Waals surface area contributed by atoms with E-state index in [9.17, 15) is 20.1 Å². The first kappa shape index (κ1) is 30.2. The number of aromatic nitrogens is 2. The third-order valence-corrected chi connectivity index (χ3v) is 9.32. The van der Waals surface area contributed by atoms with Crippen molar-refractivity contribution in [2.24, 2.45) is 0 Å². The number of rotatable bonds is 5. The molecular formula is C41H27N5O4. The largest absolute Gasteiger partial charge is 0.466 e. The van der Waals surface area contributed by atoms with Crippen LogP contribution in [-0.2, 0) is 19.1 Å². The molecule has 1 N–H and O–H groups in total. The summed E-state index contributed by atoms with van der Waals surface area (Å²) in [6, 6.07) is 37.8. The van der Waals surface area contributed by atoms with Crippen LogP contribution in [0.1, 0.15) is 22.6 Å². The van der Waals surface area contributed by atoms with E-state index in [1.807, 2.05) is 84.9 Å². The Morgan fingerprint density at radius 3 is 1.48 bits per heavy atom. The smallest absolute Gasteiger partial charge is 0.336 e. The molecule has 0 saturated carbocycles. The molecule has 9 nitrogen and oxygen atoms in total. The van der Waals surface area contributed by atoms with E-state index in [1.165, 1.54) is 14.2 Å². The summed E-state index contributed by atoms with van der Waals surface area (Å²) >= 11 is 0. The molecule has 50 heavy (non-hydrogen) atoms. The molecule has 1 aliphatic heterocycles. The third kappa shape index (κ3) is 4.61. The summed E-state index contributed by atoms with van der Waals surface area (Å²) in [6.07, 6.45) is 3.09. The van der Waals surface area contributed by atoms with Gasteiger partial charge in [-0.25, -0.2) is 9.59 Å². The highest BCUT2D eigenvalue weighted by Gasteiger charge is 2.34. The van der Waals surface area contributed by atoms with Gasteiger partial charge in [0.05, 0.1) is 76.6 Å². The Morgan fingerprint density at radius 1 is 0.600 bits per heavy atom. The van der Waals surface area contributed by atoms with E-state index in [1.54, 1.807) is 24.5 Å². The molecule has 0 unspecified atom stereocenters. The first-order valence-electron chi connectivity index (χ1n) is 15.8. The molecule has 2 aromatic heterocycles. The standard InChI is InChI=1S/C41H27N5O4/c1-49-40(47)33-22-44-23-34(41(48)50-2)39(33)26-17-27(45-35-9-5-3-7-29(35)31-15-24(20-42)11-13-37(31)45)19-28(18-26)46-36-10-6-4-8-30(36)32-16-25(21-43)12-14-38(32)46/h3-19,22-23,39,44H,1-2H3. The Labute approximate surface area is 286 Å². The monoisotopic (exact) mass is 653 g/mol. The summed E-state index contributed by atoms with van der Waals surface area (Å²) in [4.78, 5) is 26.6. The Hall–Kier alpha value is -7.10. The molecule has 7 aromatic rings. The van der Waals surface area contributed by atoms with Crippen LogP contribution in [0.4, 0.5) is 0 Å². The number of nitrogens with one attached hydrogen (secondary N) is 1. The molecule has 240 valence electrons. The van der Waals surface area contributed by atoms with Crippen LogP contribution in [0.3, 0.4) is 0 Å². The number of esters is 2.